The maximum Gasteiger partial charge on any atom is 0.122 e. The summed E-state index contributed by atoms with van der Waals surface area (Å²) in [4.78, 5) is 4.91. The average molecular weight is 418 g/mol. The highest BCUT2D eigenvalue weighted by Crippen LogP contribution is 2.42. The smallest absolute Gasteiger partial charge is 0.122 e. The Morgan fingerprint density at radius 1 is 1.07 bits per heavy atom. The summed E-state index contributed by atoms with van der Waals surface area (Å²) in [5, 5.41) is 14.4. The molecule has 0 spiro atoms. The molecular weight excluding hydrogens is 381 g/mol. The van der Waals surface area contributed by atoms with Gasteiger partial charge in [0.2, 0.25) is 0 Å². The Balaban J connectivity index is 0.00000182. The van der Waals surface area contributed by atoms with Crippen molar-refractivity contribution >= 4 is 30.5 Å². The van der Waals surface area contributed by atoms with Crippen LogP contribution in [0.4, 0.5) is 5.69 Å². The quantitative estimate of drug-likeness (QED) is 0.708. The number of benzene rings is 1. The van der Waals surface area contributed by atoms with Crippen LogP contribution in [0, 0.1) is 5.92 Å². The Morgan fingerprint density at radius 3 is 2.26 bits per heavy atom. The number of hydrogen-bond acceptors (Lipinski definition) is 4. The van der Waals surface area contributed by atoms with Crippen LogP contribution in [0.25, 0.3) is 0 Å². The molecule has 6 heteroatoms. The van der Waals surface area contributed by atoms with Crippen LogP contribution in [0.2, 0.25) is 0 Å². The second kappa shape index (κ2) is 12.0. The number of nitrogens with one attached hydrogen (secondary N) is 1. The van der Waals surface area contributed by atoms with E-state index in [4.69, 9.17) is 0 Å². The number of piperazine rings is 1. The maximum absolute atomic E-state index is 10.9. The van der Waals surface area contributed by atoms with Crippen LogP contribution in [0.3, 0.4) is 0 Å². The minimum atomic E-state index is 0. The Morgan fingerprint density at radius 2 is 1.70 bits per heavy atom. The molecule has 2 aliphatic rings. The highest BCUT2D eigenvalue weighted by Gasteiger charge is 2.32. The third-order valence-electron chi connectivity index (χ3n) is 6.10. The normalized spacial score (nSPS) is 19.6. The third kappa shape index (κ3) is 5.90. The van der Waals surface area contributed by atoms with Crippen LogP contribution in [0.15, 0.2) is 18.2 Å². The zero-order chi connectivity index (χ0) is 17.6. The number of phenols is 1. The molecule has 156 valence electrons. The molecule has 0 amide bonds. The van der Waals surface area contributed by atoms with Crippen LogP contribution in [0.5, 0.6) is 5.75 Å². The van der Waals surface area contributed by atoms with E-state index in [2.05, 4.69) is 41.1 Å². The van der Waals surface area contributed by atoms with Gasteiger partial charge < -0.3 is 15.3 Å². The summed E-state index contributed by atoms with van der Waals surface area (Å²) >= 11 is 0. The van der Waals surface area contributed by atoms with E-state index >= 15 is 0 Å². The zero-order valence-corrected chi connectivity index (χ0v) is 18.5. The SMILES string of the molecule is CCN(CC)c1ccc([C@H](C2CCCCC2)N2CCNCC2)c(O)c1.Cl.Cl. The van der Waals surface area contributed by atoms with E-state index in [-0.39, 0.29) is 24.8 Å². The van der Waals surface area contributed by atoms with E-state index in [0.717, 1.165) is 50.5 Å². The van der Waals surface area contributed by atoms with Gasteiger partial charge in [-0.25, -0.2) is 0 Å². The van der Waals surface area contributed by atoms with E-state index in [1.165, 1.54) is 32.1 Å². The average Bonchev–Trinajstić information content (AvgIpc) is 2.66. The molecule has 1 aromatic carbocycles. The molecule has 1 heterocycles. The first kappa shape index (κ1) is 24.4. The van der Waals surface area contributed by atoms with E-state index < -0.39 is 0 Å². The van der Waals surface area contributed by atoms with Crippen LogP contribution < -0.4 is 10.2 Å². The molecule has 1 saturated heterocycles. The highest BCUT2D eigenvalue weighted by atomic mass is 35.5. The van der Waals surface area contributed by atoms with Crippen molar-refractivity contribution in [3.63, 3.8) is 0 Å². The van der Waals surface area contributed by atoms with Crippen molar-refractivity contribution in [3.8, 4) is 5.75 Å². The number of nitrogens with zero attached hydrogens (tertiary/aromatic N) is 2. The van der Waals surface area contributed by atoms with Gasteiger partial charge in [0.15, 0.2) is 0 Å². The largest absolute Gasteiger partial charge is 0.508 e. The molecule has 2 N–H and O–H groups in total. The number of aromatic hydroxyl groups is 1. The Bertz CT molecular complexity index is 524. The minimum absolute atomic E-state index is 0. The second-order valence-corrected chi connectivity index (χ2v) is 7.54. The molecular formula is C21H37Cl2N3O. The fourth-order valence-electron chi connectivity index (χ4n) is 4.73. The Kier molecular flexibility index (Phi) is 10.8. The minimum Gasteiger partial charge on any atom is -0.508 e. The van der Waals surface area contributed by atoms with Gasteiger partial charge >= 0.3 is 0 Å². The lowest BCUT2D eigenvalue weighted by atomic mass is 9.80. The molecule has 27 heavy (non-hydrogen) atoms. The molecule has 0 bridgehead atoms. The summed E-state index contributed by atoms with van der Waals surface area (Å²) in [6.07, 6.45) is 6.65. The van der Waals surface area contributed by atoms with Gasteiger partial charge in [0.05, 0.1) is 0 Å². The summed E-state index contributed by atoms with van der Waals surface area (Å²) in [7, 11) is 0. The van der Waals surface area contributed by atoms with Crippen LogP contribution in [-0.4, -0.2) is 49.3 Å². The van der Waals surface area contributed by atoms with Gasteiger partial charge in [0.1, 0.15) is 5.75 Å². The molecule has 0 radical (unpaired) electrons. The first-order valence-corrected chi connectivity index (χ1v) is 10.3. The summed E-state index contributed by atoms with van der Waals surface area (Å²) in [5.74, 6) is 1.16. The first-order chi connectivity index (χ1) is 12.2. The first-order valence-electron chi connectivity index (χ1n) is 10.3. The van der Waals surface area contributed by atoms with E-state index in [1.54, 1.807) is 0 Å². The van der Waals surface area contributed by atoms with E-state index in [1.807, 2.05) is 6.07 Å². The summed E-state index contributed by atoms with van der Waals surface area (Å²) in [6.45, 7) is 10.6. The van der Waals surface area contributed by atoms with Crippen LogP contribution in [-0.2, 0) is 0 Å². The maximum atomic E-state index is 10.9. The van der Waals surface area contributed by atoms with Gasteiger partial charge in [-0.1, -0.05) is 25.3 Å². The lowest BCUT2D eigenvalue weighted by Crippen LogP contribution is -2.47. The molecule has 1 atom stereocenters. The molecule has 1 aliphatic carbocycles. The molecule has 3 rings (SSSR count). The van der Waals surface area contributed by atoms with E-state index in [9.17, 15) is 5.11 Å². The van der Waals surface area contributed by atoms with Crippen LogP contribution in [0.1, 0.15) is 57.6 Å². The molecule has 0 aromatic heterocycles. The topological polar surface area (TPSA) is 38.7 Å². The van der Waals surface area contributed by atoms with Gasteiger partial charge in [0, 0.05) is 62.6 Å². The second-order valence-electron chi connectivity index (χ2n) is 7.54. The summed E-state index contributed by atoms with van der Waals surface area (Å²) < 4.78 is 0. The highest BCUT2D eigenvalue weighted by molar-refractivity contribution is 5.85. The van der Waals surface area contributed by atoms with Gasteiger partial charge in [-0.3, -0.25) is 4.90 Å². The number of hydrogen-bond donors (Lipinski definition) is 2. The Hall–Kier alpha value is -0.680. The number of rotatable bonds is 6. The van der Waals surface area contributed by atoms with Crippen molar-refractivity contribution in [2.24, 2.45) is 5.92 Å². The molecule has 1 aliphatic heterocycles. The summed E-state index contributed by atoms with van der Waals surface area (Å²) in [6, 6.07) is 6.76. The van der Waals surface area contributed by atoms with Gasteiger partial charge in [-0.2, -0.15) is 0 Å². The van der Waals surface area contributed by atoms with Crippen molar-refractivity contribution in [3.05, 3.63) is 23.8 Å². The number of phenolic OH excluding ortho intramolecular Hbond substituents is 1. The summed E-state index contributed by atoms with van der Waals surface area (Å²) in [5.41, 5.74) is 2.28. The molecule has 2 fully saturated rings. The number of halogens is 2. The van der Waals surface area contributed by atoms with Crippen LogP contribution >= 0.6 is 24.8 Å². The Labute approximate surface area is 177 Å². The van der Waals surface area contributed by atoms with Gasteiger partial charge in [-0.05, 0) is 38.7 Å². The lowest BCUT2D eigenvalue weighted by Gasteiger charge is -2.41. The van der Waals surface area contributed by atoms with Crippen molar-refractivity contribution in [1.29, 1.82) is 0 Å². The number of anilines is 1. The van der Waals surface area contributed by atoms with E-state index in [0.29, 0.717) is 17.7 Å². The molecule has 0 unspecified atom stereocenters. The van der Waals surface area contributed by atoms with Crippen molar-refractivity contribution in [2.45, 2.75) is 52.0 Å². The molecule has 1 aromatic rings. The van der Waals surface area contributed by atoms with Crippen molar-refractivity contribution in [1.82, 2.24) is 10.2 Å². The zero-order valence-electron chi connectivity index (χ0n) is 16.8. The van der Waals surface area contributed by atoms with Gasteiger partial charge in [0.25, 0.3) is 0 Å². The standard InChI is InChI=1S/C21H35N3O.2ClH/c1-3-23(4-2)18-10-11-19(20(25)16-18)21(17-8-6-5-7-9-17)24-14-12-22-13-15-24;;/h10-11,16-17,21-22,25H,3-9,12-15H2,1-2H3;2*1H/t21-;;/m0../s1. The fraction of sp³-hybridized carbons (Fsp3) is 0.714. The molecule has 1 saturated carbocycles. The fourth-order valence-corrected chi connectivity index (χ4v) is 4.73. The predicted octanol–water partition coefficient (Wildman–Crippen LogP) is 4.61. The predicted molar refractivity (Wildman–Crippen MR) is 120 cm³/mol. The third-order valence-corrected chi connectivity index (χ3v) is 6.10. The molecule has 4 nitrogen and oxygen atoms in total. The van der Waals surface area contributed by atoms with Gasteiger partial charge in [-0.15, -0.1) is 24.8 Å². The van der Waals surface area contributed by atoms with Crippen molar-refractivity contribution < 1.29 is 5.11 Å². The monoisotopic (exact) mass is 417 g/mol. The van der Waals surface area contributed by atoms with Crippen molar-refractivity contribution in [2.75, 3.05) is 44.2 Å². The lowest BCUT2D eigenvalue weighted by molar-refractivity contribution is 0.101.